The normalized spacial score (nSPS) is 19.6. The van der Waals surface area contributed by atoms with Gasteiger partial charge in [0.25, 0.3) is 0 Å². The lowest BCUT2D eigenvalue weighted by atomic mass is 9.86. The minimum atomic E-state index is 0.0306. The van der Waals surface area contributed by atoms with Gasteiger partial charge in [-0.15, -0.1) is 0 Å². The summed E-state index contributed by atoms with van der Waals surface area (Å²) in [6.45, 7) is 7.49. The Morgan fingerprint density at radius 2 is 2.15 bits per heavy atom. The predicted molar refractivity (Wildman–Crippen MR) is 87.5 cm³/mol. The third kappa shape index (κ3) is 4.25. The molecule has 2 rings (SSSR count). The molecule has 1 aromatic carbocycles. The van der Waals surface area contributed by atoms with Gasteiger partial charge in [0, 0.05) is 36.2 Å². The molecule has 3 nitrogen and oxygen atoms in total. The number of rotatable bonds is 3. The molecule has 0 aromatic heterocycles. The lowest BCUT2D eigenvalue weighted by Crippen LogP contribution is -2.40. The van der Waals surface area contributed by atoms with Crippen molar-refractivity contribution >= 4 is 23.4 Å². The average molecular weight is 292 g/mol. The van der Waals surface area contributed by atoms with Gasteiger partial charge < -0.3 is 10.6 Å². The van der Waals surface area contributed by atoms with Gasteiger partial charge in [-0.25, -0.2) is 0 Å². The van der Waals surface area contributed by atoms with E-state index in [4.69, 9.17) is 0 Å². The third-order valence-corrected chi connectivity index (χ3v) is 4.57. The molecule has 1 fully saturated rings. The number of thioether (sulfide) groups is 1. The van der Waals surface area contributed by atoms with Crippen LogP contribution in [0.1, 0.15) is 32.8 Å². The van der Waals surface area contributed by atoms with Crippen molar-refractivity contribution in [3.63, 3.8) is 0 Å². The van der Waals surface area contributed by atoms with E-state index < -0.39 is 0 Å². The monoisotopic (exact) mass is 292 g/mol. The molecule has 0 bridgehead atoms. The van der Waals surface area contributed by atoms with Crippen LogP contribution in [-0.4, -0.2) is 30.0 Å². The Hall–Kier alpha value is -1.000. The van der Waals surface area contributed by atoms with Gasteiger partial charge in [0.05, 0.1) is 0 Å². The van der Waals surface area contributed by atoms with Crippen molar-refractivity contribution in [1.29, 1.82) is 0 Å². The summed E-state index contributed by atoms with van der Waals surface area (Å²) in [6, 6.07) is 8.37. The molecular formula is C16H24N2OS. The number of para-hydroxylation sites is 1. The fourth-order valence-electron chi connectivity index (χ4n) is 2.42. The quantitative estimate of drug-likeness (QED) is 0.900. The predicted octanol–water partition coefficient (Wildman–Crippen LogP) is 3.02. The van der Waals surface area contributed by atoms with Gasteiger partial charge in [0.15, 0.2) is 0 Å². The van der Waals surface area contributed by atoms with Crippen LogP contribution >= 0.6 is 11.8 Å². The van der Waals surface area contributed by atoms with E-state index in [1.165, 1.54) is 5.56 Å². The molecule has 1 amide bonds. The minimum absolute atomic E-state index is 0.0306. The molecule has 0 aliphatic carbocycles. The molecule has 110 valence electrons. The highest BCUT2D eigenvalue weighted by molar-refractivity contribution is 7.99. The minimum Gasteiger partial charge on any atom is -0.326 e. The third-order valence-electron chi connectivity index (χ3n) is 3.44. The summed E-state index contributed by atoms with van der Waals surface area (Å²) < 4.78 is 0. The van der Waals surface area contributed by atoms with E-state index in [1.54, 1.807) is 0 Å². The van der Waals surface area contributed by atoms with Crippen molar-refractivity contribution in [1.82, 2.24) is 5.32 Å². The summed E-state index contributed by atoms with van der Waals surface area (Å²) in [5.41, 5.74) is 2.15. The summed E-state index contributed by atoms with van der Waals surface area (Å²) in [4.78, 5) is 12.2. The van der Waals surface area contributed by atoms with Gasteiger partial charge in [0.2, 0.25) is 5.91 Å². The molecule has 1 unspecified atom stereocenters. The number of hydrogen-bond acceptors (Lipinski definition) is 3. The Bertz CT molecular complexity index is 462. The molecule has 0 saturated carbocycles. The van der Waals surface area contributed by atoms with Crippen LogP contribution in [0.5, 0.6) is 0 Å². The van der Waals surface area contributed by atoms with Crippen LogP contribution in [0, 0.1) is 0 Å². The highest BCUT2D eigenvalue weighted by Gasteiger charge is 2.20. The Morgan fingerprint density at radius 3 is 2.80 bits per heavy atom. The fraction of sp³-hybridized carbons (Fsp3) is 0.562. The van der Waals surface area contributed by atoms with E-state index in [2.05, 4.69) is 37.5 Å². The molecule has 2 N–H and O–H groups in total. The van der Waals surface area contributed by atoms with Crippen molar-refractivity contribution in [2.45, 2.75) is 38.6 Å². The molecule has 4 heteroatoms. The van der Waals surface area contributed by atoms with Crippen LogP contribution in [-0.2, 0) is 10.2 Å². The first kappa shape index (κ1) is 15.4. The second-order valence-electron chi connectivity index (χ2n) is 6.27. The number of nitrogens with one attached hydrogen (secondary N) is 2. The Balaban J connectivity index is 2.00. The highest BCUT2D eigenvalue weighted by Crippen LogP contribution is 2.29. The van der Waals surface area contributed by atoms with Crippen molar-refractivity contribution in [2.75, 3.05) is 23.4 Å². The van der Waals surface area contributed by atoms with Crippen LogP contribution in [0.25, 0.3) is 0 Å². The molecule has 20 heavy (non-hydrogen) atoms. The second-order valence-corrected chi connectivity index (χ2v) is 7.42. The number of anilines is 1. The largest absolute Gasteiger partial charge is 0.326 e. The smallest absolute Gasteiger partial charge is 0.225 e. The second kappa shape index (κ2) is 6.64. The summed E-state index contributed by atoms with van der Waals surface area (Å²) >= 11 is 1.92. The molecule has 0 radical (unpaired) electrons. The van der Waals surface area contributed by atoms with Crippen LogP contribution < -0.4 is 10.6 Å². The van der Waals surface area contributed by atoms with E-state index in [1.807, 2.05) is 30.0 Å². The molecule has 1 heterocycles. The first-order chi connectivity index (χ1) is 9.47. The maximum absolute atomic E-state index is 12.2. The topological polar surface area (TPSA) is 41.1 Å². The lowest BCUT2D eigenvalue weighted by Gasteiger charge is -2.25. The van der Waals surface area contributed by atoms with Crippen molar-refractivity contribution in [2.24, 2.45) is 0 Å². The molecule has 0 spiro atoms. The van der Waals surface area contributed by atoms with E-state index in [0.717, 1.165) is 23.7 Å². The SMILES string of the molecule is CC(C)(C)c1ccccc1NC(=O)CC1CSCCN1. The maximum Gasteiger partial charge on any atom is 0.225 e. The van der Waals surface area contributed by atoms with Crippen molar-refractivity contribution in [3.05, 3.63) is 29.8 Å². The first-order valence-corrected chi connectivity index (χ1v) is 8.33. The van der Waals surface area contributed by atoms with Gasteiger partial charge >= 0.3 is 0 Å². The van der Waals surface area contributed by atoms with Crippen molar-refractivity contribution in [3.8, 4) is 0 Å². The molecular weight excluding hydrogens is 268 g/mol. The number of carbonyl (C=O) groups excluding carboxylic acids is 1. The highest BCUT2D eigenvalue weighted by atomic mass is 32.2. The Morgan fingerprint density at radius 1 is 1.40 bits per heavy atom. The van der Waals surface area contributed by atoms with E-state index >= 15 is 0 Å². The number of benzene rings is 1. The summed E-state index contributed by atoms with van der Waals surface area (Å²) in [7, 11) is 0. The summed E-state index contributed by atoms with van der Waals surface area (Å²) in [5.74, 6) is 2.26. The lowest BCUT2D eigenvalue weighted by molar-refractivity contribution is -0.116. The van der Waals surface area contributed by atoms with Gasteiger partial charge in [0.1, 0.15) is 0 Å². The van der Waals surface area contributed by atoms with Gasteiger partial charge in [-0.2, -0.15) is 11.8 Å². The fourth-order valence-corrected chi connectivity index (χ4v) is 3.37. The zero-order valence-corrected chi connectivity index (χ0v) is 13.3. The van der Waals surface area contributed by atoms with E-state index in [0.29, 0.717) is 12.5 Å². The summed E-state index contributed by atoms with van der Waals surface area (Å²) in [5, 5.41) is 6.48. The van der Waals surface area contributed by atoms with Crippen LogP contribution in [0.15, 0.2) is 24.3 Å². The van der Waals surface area contributed by atoms with E-state index in [-0.39, 0.29) is 11.3 Å². The number of carbonyl (C=O) groups is 1. The number of amides is 1. The molecule has 1 aliphatic heterocycles. The molecule has 1 saturated heterocycles. The van der Waals surface area contributed by atoms with E-state index in [9.17, 15) is 4.79 Å². The summed E-state index contributed by atoms with van der Waals surface area (Å²) in [6.07, 6.45) is 0.547. The first-order valence-electron chi connectivity index (χ1n) is 7.17. The maximum atomic E-state index is 12.2. The van der Waals surface area contributed by atoms with Crippen LogP contribution in [0.4, 0.5) is 5.69 Å². The Kier molecular flexibility index (Phi) is 5.11. The van der Waals surface area contributed by atoms with Crippen molar-refractivity contribution < 1.29 is 4.79 Å². The van der Waals surface area contributed by atoms with Gasteiger partial charge in [-0.05, 0) is 17.0 Å². The molecule has 1 atom stereocenters. The molecule has 1 aliphatic rings. The average Bonchev–Trinajstić information content (AvgIpc) is 2.39. The van der Waals surface area contributed by atoms with Crippen LogP contribution in [0.3, 0.4) is 0 Å². The zero-order valence-electron chi connectivity index (χ0n) is 12.5. The van der Waals surface area contributed by atoms with Gasteiger partial charge in [-0.3, -0.25) is 4.79 Å². The number of hydrogen-bond donors (Lipinski definition) is 2. The zero-order chi connectivity index (χ0) is 14.6. The standard InChI is InChI=1S/C16H24N2OS/c1-16(2,3)13-6-4-5-7-14(13)18-15(19)10-12-11-20-9-8-17-12/h4-7,12,17H,8-11H2,1-3H3,(H,18,19). The molecule has 1 aromatic rings. The van der Waals surface area contributed by atoms with Gasteiger partial charge in [-0.1, -0.05) is 39.0 Å². The van der Waals surface area contributed by atoms with Crippen LogP contribution in [0.2, 0.25) is 0 Å². The Labute approximate surface area is 125 Å².